The molecule has 3 aromatic rings. The Morgan fingerprint density at radius 3 is 2.62 bits per heavy atom. The number of hydrazone groups is 1. The standard InChI is InChI=1S/C26H26N4O4/c1-3-34-24-17-19(10-11-23(24)33-2)21-9-6-16-30(29-21)26(32)20-7-4-5-8-22(20)28-25(31)18-12-14-27-15-13-18/h4-5,7-8,10-15,17H,3,6,9,16H2,1-2H3,(H,28,31). The maximum atomic E-state index is 13.4. The van der Waals surface area contributed by atoms with Crippen LogP contribution in [0.25, 0.3) is 0 Å². The number of hydrogen-bond acceptors (Lipinski definition) is 6. The van der Waals surface area contributed by atoms with Gasteiger partial charge in [0.1, 0.15) is 0 Å². The number of carbonyl (C=O) groups is 2. The molecule has 0 saturated carbocycles. The third-order valence-corrected chi connectivity index (χ3v) is 5.40. The molecule has 34 heavy (non-hydrogen) atoms. The van der Waals surface area contributed by atoms with Gasteiger partial charge < -0.3 is 14.8 Å². The Bertz CT molecular complexity index is 1210. The maximum absolute atomic E-state index is 13.4. The van der Waals surface area contributed by atoms with Gasteiger partial charge in [-0.15, -0.1) is 0 Å². The number of hydrogen-bond donors (Lipinski definition) is 1. The van der Waals surface area contributed by atoms with Crippen molar-refractivity contribution in [1.29, 1.82) is 0 Å². The molecule has 8 heteroatoms. The van der Waals surface area contributed by atoms with Crippen LogP contribution in [0.3, 0.4) is 0 Å². The number of amides is 2. The summed E-state index contributed by atoms with van der Waals surface area (Å²) in [6, 6.07) is 15.8. The van der Waals surface area contributed by atoms with Crippen LogP contribution in [0.5, 0.6) is 11.5 Å². The van der Waals surface area contributed by atoms with E-state index in [1.54, 1.807) is 55.9 Å². The lowest BCUT2D eigenvalue weighted by molar-refractivity contribution is 0.0752. The van der Waals surface area contributed by atoms with Crippen molar-refractivity contribution < 1.29 is 19.1 Å². The number of carbonyl (C=O) groups excluding carboxylic acids is 2. The molecule has 1 aliphatic heterocycles. The molecule has 0 bridgehead atoms. The van der Waals surface area contributed by atoms with Gasteiger partial charge in [0.2, 0.25) is 0 Å². The van der Waals surface area contributed by atoms with Crippen molar-refractivity contribution in [3.05, 3.63) is 83.7 Å². The van der Waals surface area contributed by atoms with Gasteiger partial charge in [-0.25, -0.2) is 5.01 Å². The van der Waals surface area contributed by atoms with E-state index in [1.807, 2.05) is 25.1 Å². The number of para-hydroxylation sites is 1. The van der Waals surface area contributed by atoms with E-state index >= 15 is 0 Å². The number of aromatic nitrogens is 1. The molecule has 2 amide bonds. The fourth-order valence-corrected chi connectivity index (χ4v) is 3.73. The van der Waals surface area contributed by atoms with Gasteiger partial charge in [0.25, 0.3) is 11.8 Å². The van der Waals surface area contributed by atoms with Crippen LogP contribution in [0, 0.1) is 0 Å². The van der Waals surface area contributed by atoms with Gasteiger partial charge in [-0.1, -0.05) is 12.1 Å². The van der Waals surface area contributed by atoms with Gasteiger partial charge in [-0.05, 0) is 62.2 Å². The van der Waals surface area contributed by atoms with Crippen molar-refractivity contribution in [1.82, 2.24) is 9.99 Å². The summed E-state index contributed by atoms with van der Waals surface area (Å²) in [5.74, 6) is 0.695. The lowest BCUT2D eigenvalue weighted by atomic mass is 10.0. The van der Waals surface area contributed by atoms with Gasteiger partial charge in [-0.2, -0.15) is 5.10 Å². The predicted octanol–water partition coefficient (Wildman–Crippen LogP) is 4.38. The van der Waals surface area contributed by atoms with Crippen molar-refractivity contribution >= 4 is 23.2 Å². The lowest BCUT2D eigenvalue weighted by Gasteiger charge is -2.25. The average Bonchev–Trinajstić information content (AvgIpc) is 2.89. The van der Waals surface area contributed by atoms with Crippen LogP contribution in [-0.4, -0.2) is 47.8 Å². The number of nitrogens with one attached hydrogen (secondary N) is 1. The molecule has 0 atom stereocenters. The number of benzene rings is 2. The molecule has 8 nitrogen and oxygen atoms in total. The molecule has 0 spiro atoms. The first-order valence-electron chi connectivity index (χ1n) is 11.1. The molecule has 1 aromatic heterocycles. The lowest BCUT2D eigenvalue weighted by Crippen LogP contribution is -2.33. The third kappa shape index (κ3) is 5.06. The molecule has 2 aromatic carbocycles. The largest absolute Gasteiger partial charge is 0.493 e. The van der Waals surface area contributed by atoms with Crippen LogP contribution >= 0.6 is 0 Å². The second-order valence-corrected chi connectivity index (χ2v) is 7.61. The zero-order valence-electron chi connectivity index (χ0n) is 19.2. The normalized spacial score (nSPS) is 13.1. The Morgan fingerprint density at radius 1 is 1.06 bits per heavy atom. The summed E-state index contributed by atoms with van der Waals surface area (Å²) in [5, 5.41) is 8.94. The van der Waals surface area contributed by atoms with Gasteiger partial charge in [0.15, 0.2) is 11.5 Å². The van der Waals surface area contributed by atoms with E-state index in [1.165, 1.54) is 5.01 Å². The number of anilines is 1. The van der Waals surface area contributed by atoms with E-state index in [4.69, 9.17) is 9.47 Å². The quantitative estimate of drug-likeness (QED) is 0.567. The first-order valence-corrected chi connectivity index (χ1v) is 11.1. The predicted molar refractivity (Wildman–Crippen MR) is 130 cm³/mol. The van der Waals surface area contributed by atoms with Gasteiger partial charge in [0.05, 0.1) is 30.7 Å². The van der Waals surface area contributed by atoms with Gasteiger partial charge >= 0.3 is 0 Å². The van der Waals surface area contributed by atoms with Crippen LogP contribution in [0.15, 0.2) is 72.1 Å². The second-order valence-electron chi connectivity index (χ2n) is 7.61. The number of methoxy groups -OCH3 is 1. The maximum Gasteiger partial charge on any atom is 0.276 e. The van der Waals surface area contributed by atoms with E-state index < -0.39 is 0 Å². The monoisotopic (exact) mass is 458 g/mol. The molecular formula is C26H26N4O4. The second kappa shape index (κ2) is 10.6. The van der Waals surface area contributed by atoms with Gasteiger partial charge in [-0.3, -0.25) is 14.6 Å². The zero-order valence-corrected chi connectivity index (χ0v) is 19.2. The van der Waals surface area contributed by atoms with Crippen molar-refractivity contribution in [2.45, 2.75) is 19.8 Å². The minimum absolute atomic E-state index is 0.277. The molecule has 0 aliphatic carbocycles. The van der Waals surface area contributed by atoms with E-state index in [2.05, 4.69) is 15.4 Å². The van der Waals surface area contributed by atoms with E-state index in [0.29, 0.717) is 41.5 Å². The minimum atomic E-state index is -0.313. The van der Waals surface area contributed by atoms with E-state index in [-0.39, 0.29) is 11.8 Å². The van der Waals surface area contributed by atoms with Crippen molar-refractivity contribution in [2.24, 2.45) is 5.10 Å². The molecule has 1 aliphatic rings. The summed E-state index contributed by atoms with van der Waals surface area (Å²) in [7, 11) is 1.60. The summed E-state index contributed by atoms with van der Waals surface area (Å²) in [6.07, 6.45) is 4.60. The topological polar surface area (TPSA) is 93.1 Å². The molecule has 4 rings (SSSR count). The van der Waals surface area contributed by atoms with Crippen LogP contribution in [0.1, 0.15) is 46.0 Å². The smallest absolute Gasteiger partial charge is 0.276 e. The minimum Gasteiger partial charge on any atom is -0.493 e. The summed E-state index contributed by atoms with van der Waals surface area (Å²) >= 11 is 0. The molecule has 2 heterocycles. The number of nitrogens with zero attached hydrogens (tertiary/aromatic N) is 3. The Kier molecular flexibility index (Phi) is 7.17. The number of pyridine rings is 1. The summed E-state index contributed by atoms with van der Waals surface area (Å²) in [6.45, 7) is 2.91. The Balaban J connectivity index is 1.59. The molecule has 0 saturated heterocycles. The SMILES string of the molecule is CCOc1cc(C2=NN(C(=O)c3ccccc3NC(=O)c3ccncc3)CCC2)ccc1OC. The van der Waals surface area contributed by atoms with Crippen LogP contribution in [0.4, 0.5) is 5.69 Å². The fraction of sp³-hybridized carbons (Fsp3) is 0.231. The highest BCUT2D eigenvalue weighted by molar-refractivity contribution is 6.09. The Labute approximate surface area is 198 Å². The van der Waals surface area contributed by atoms with Crippen molar-refractivity contribution in [2.75, 3.05) is 25.6 Å². The Morgan fingerprint density at radius 2 is 1.85 bits per heavy atom. The highest BCUT2D eigenvalue weighted by Crippen LogP contribution is 2.30. The summed E-state index contributed by atoms with van der Waals surface area (Å²) < 4.78 is 11.1. The third-order valence-electron chi connectivity index (χ3n) is 5.40. The number of ether oxygens (including phenoxy) is 2. The molecule has 1 N–H and O–H groups in total. The van der Waals surface area contributed by atoms with Gasteiger partial charge in [0, 0.05) is 30.1 Å². The molecule has 0 fully saturated rings. The summed E-state index contributed by atoms with van der Waals surface area (Å²) in [5.41, 5.74) is 2.93. The molecular weight excluding hydrogens is 432 g/mol. The zero-order chi connectivity index (χ0) is 23.9. The van der Waals surface area contributed by atoms with E-state index in [9.17, 15) is 9.59 Å². The molecule has 174 valence electrons. The average molecular weight is 459 g/mol. The first kappa shape index (κ1) is 23.0. The highest BCUT2D eigenvalue weighted by Gasteiger charge is 2.24. The van der Waals surface area contributed by atoms with Crippen molar-refractivity contribution in [3.63, 3.8) is 0 Å². The fourth-order valence-electron chi connectivity index (χ4n) is 3.73. The van der Waals surface area contributed by atoms with Crippen LogP contribution in [-0.2, 0) is 0 Å². The number of rotatable bonds is 7. The highest BCUT2D eigenvalue weighted by atomic mass is 16.5. The van der Waals surface area contributed by atoms with Crippen LogP contribution in [0.2, 0.25) is 0 Å². The first-order chi connectivity index (χ1) is 16.6. The van der Waals surface area contributed by atoms with E-state index in [0.717, 1.165) is 24.1 Å². The summed E-state index contributed by atoms with van der Waals surface area (Å²) in [4.78, 5) is 30.0. The van der Waals surface area contributed by atoms with Crippen molar-refractivity contribution in [3.8, 4) is 11.5 Å². The molecule has 0 radical (unpaired) electrons. The Hall–Kier alpha value is -4.20. The van der Waals surface area contributed by atoms with Crippen LogP contribution < -0.4 is 14.8 Å². The molecule has 0 unspecified atom stereocenters.